The maximum Gasteiger partial charge on any atom is 0.451 e. The molecule has 0 radical (unpaired) electrons. The third kappa shape index (κ3) is 3.45. The molecule has 2 saturated carbocycles. The molecule has 2 aliphatic carbocycles. The molecule has 1 saturated heterocycles. The van der Waals surface area contributed by atoms with Crippen LogP contribution in [-0.2, 0) is 48.1 Å². The van der Waals surface area contributed by atoms with E-state index >= 15 is 0 Å². The van der Waals surface area contributed by atoms with Crippen molar-refractivity contribution in [2.45, 2.75) is 18.6 Å². The number of carbonyl (C=O) groups is 3. The quantitative estimate of drug-likeness (QED) is 0.0975. The summed E-state index contributed by atoms with van der Waals surface area (Å²) in [7, 11) is 0. The summed E-state index contributed by atoms with van der Waals surface area (Å²) in [5.41, 5.74) is 0. The number of nitrogens with zero attached hydrogens (tertiary/aromatic N) is 1. The molecule has 3 aliphatic rings. The normalized spacial score (nSPS) is 31.3. The van der Waals surface area contributed by atoms with E-state index in [0.717, 1.165) is 6.42 Å². The molecule has 2 bridgehead atoms. The first-order valence-corrected chi connectivity index (χ1v) is 9.55. The van der Waals surface area contributed by atoms with Crippen LogP contribution in [0.2, 0.25) is 0 Å². The second-order valence-corrected chi connectivity index (χ2v) is 7.19. The number of rotatable bonds is 5. The Morgan fingerprint density at radius 2 is 2.25 bits per heavy atom. The van der Waals surface area contributed by atoms with Gasteiger partial charge in [0.15, 0.2) is 6.61 Å². The van der Waals surface area contributed by atoms with Gasteiger partial charge >= 0.3 is 21.5 Å². The number of esters is 3. The Hall–Kier alpha value is -1.14. The molecule has 0 spiro atoms. The van der Waals surface area contributed by atoms with Gasteiger partial charge < -0.3 is 20.6 Å². The van der Waals surface area contributed by atoms with Crippen LogP contribution in [0.4, 0.5) is 0 Å². The molecule has 0 aromatic heterocycles. The van der Waals surface area contributed by atoms with Crippen molar-refractivity contribution >= 4 is 52.7 Å². The zero-order chi connectivity index (χ0) is 16.6. The maximum atomic E-state index is 11.9. The van der Waals surface area contributed by atoms with Crippen LogP contribution >= 0.6 is 20.7 Å². The molecule has 0 amide bonds. The van der Waals surface area contributed by atoms with E-state index in [2.05, 4.69) is 21.6 Å². The molecule has 9 heteroatoms. The number of ether oxygens (including phenoxy) is 3. The molecule has 5 atom stereocenters. The van der Waals surface area contributed by atoms with E-state index in [1.165, 1.54) is 0 Å². The van der Waals surface area contributed by atoms with Gasteiger partial charge in [0.05, 0.1) is 0 Å². The van der Waals surface area contributed by atoms with Crippen LogP contribution in [-0.4, -0.2) is 50.8 Å². The van der Waals surface area contributed by atoms with Crippen molar-refractivity contribution in [3.63, 3.8) is 0 Å². The monoisotopic (exact) mass is 495 g/mol. The molecule has 124 valence electrons. The predicted molar refractivity (Wildman–Crippen MR) is 89.0 cm³/mol. The smallest absolute Gasteiger partial charge is 0.451 e. The predicted octanol–water partition coefficient (Wildman–Crippen LogP) is -0.441. The first kappa shape index (κ1) is 19.2. The van der Waals surface area contributed by atoms with Gasteiger partial charge in [0.2, 0.25) is 0 Å². The van der Waals surface area contributed by atoms with E-state index in [9.17, 15) is 14.4 Å². The van der Waals surface area contributed by atoms with Gasteiger partial charge in [-0.25, -0.2) is 9.59 Å². The summed E-state index contributed by atoms with van der Waals surface area (Å²) in [5, 5.41) is 0. The summed E-state index contributed by atoms with van der Waals surface area (Å²) in [6.45, 7) is 2.76. The molecule has 7 nitrogen and oxygen atoms in total. The van der Waals surface area contributed by atoms with E-state index in [1.54, 1.807) is 0 Å². The molecule has 5 unspecified atom stereocenters. The summed E-state index contributed by atoms with van der Waals surface area (Å²) in [5.74, 6) is 0.582. The molecule has 0 aromatic carbocycles. The van der Waals surface area contributed by atoms with Crippen LogP contribution in [0.3, 0.4) is 0 Å². The molecule has 24 heavy (non-hydrogen) atoms. The van der Waals surface area contributed by atoms with Gasteiger partial charge in [-0.05, 0) is 10.6 Å². The third-order valence-corrected chi connectivity index (χ3v) is 5.62. The molecule has 1 aliphatic heterocycles. The van der Waals surface area contributed by atoms with Crippen molar-refractivity contribution in [3.8, 4) is 0 Å². The molecule has 1 heterocycles. The molecule has 0 aromatic rings. The van der Waals surface area contributed by atoms with E-state index in [-0.39, 0.29) is 53.0 Å². The zero-order valence-electron chi connectivity index (χ0n) is 12.8. The van der Waals surface area contributed by atoms with Crippen LogP contribution in [0.25, 0.3) is 0 Å². The summed E-state index contributed by atoms with van der Waals surface area (Å²) < 4.78 is 22.9. The number of hydrogen-bond acceptors (Lipinski definition) is 6. The second-order valence-electron chi connectivity index (χ2n) is 5.41. The fourth-order valence-electron chi connectivity index (χ4n) is 3.36. The van der Waals surface area contributed by atoms with Crippen LogP contribution in [0, 0.1) is 24.2 Å². The average Bonchev–Trinajstić information content (AvgIpc) is 3.15. The van der Waals surface area contributed by atoms with Crippen LogP contribution in [0.1, 0.15) is 6.42 Å². The van der Waals surface area contributed by atoms with E-state index in [0.29, 0.717) is 0 Å². The molecular weight excluding hydrogens is 482 g/mol. The fraction of sp³-hybridized carbons (Fsp3) is 0.467. The Balaban J connectivity index is 0.00000208. The standard InChI is InChI=1S/C15H14INO6.Zn/c1-3-17-13(16-2)15(20)21-6-10(18)22-11-7-4-8-9(5-7)14(19)23-12(8)11;/h5,7-9,11-12H,1-2,4,6H2;. The van der Waals surface area contributed by atoms with Crippen LogP contribution in [0.5, 0.6) is 0 Å². The zero-order valence-corrected chi connectivity index (χ0v) is 17.9. The molecule has 3 rings (SSSR count). The topological polar surface area (TPSA) is 93.0 Å². The van der Waals surface area contributed by atoms with Crippen molar-refractivity contribution in [1.29, 1.82) is 0 Å². The Morgan fingerprint density at radius 3 is 2.92 bits per heavy atom. The van der Waals surface area contributed by atoms with Gasteiger partial charge in [-0.3, -0.25) is 4.79 Å². The first-order chi connectivity index (χ1) is 11.0. The van der Waals surface area contributed by atoms with Crippen molar-refractivity contribution in [2.24, 2.45) is 17.8 Å². The van der Waals surface area contributed by atoms with Gasteiger partial charge in [0.25, 0.3) is 5.97 Å². The molecular formula is C15H14INO6Zn. The van der Waals surface area contributed by atoms with Crippen LogP contribution < -0.4 is 4.67 Å². The minimum atomic E-state index is -0.857. The first-order valence-electron chi connectivity index (χ1n) is 6.95. The third-order valence-electron chi connectivity index (χ3n) is 4.21. The van der Waals surface area contributed by atoms with Crippen molar-refractivity contribution in [3.05, 3.63) is 13.0 Å². The van der Waals surface area contributed by atoms with Crippen LogP contribution in [0.15, 0.2) is 6.58 Å². The number of halogens is 1. The van der Waals surface area contributed by atoms with E-state index < -0.39 is 45.4 Å². The van der Waals surface area contributed by atoms with Gasteiger partial charge in [0, 0.05) is 46.8 Å². The minimum Gasteiger partial charge on any atom is -0.460 e. The second kappa shape index (κ2) is 7.83. The number of carbonyl (C=O) groups excluding carboxylic acids is 3. The number of fused-ring (bicyclic) bond motifs is 1. The Morgan fingerprint density at radius 1 is 1.50 bits per heavy atom. The average molecular weight is 497 g/mol. The Labute approximate surface area is 161 Å². The van der Waals surface area contributed by atoms with Gasteiger partial charge in [0.1, 0.15) is 12.2 Å². The van der Waals surface area contributed by atoms with Gasteiger partial charge in [-0.1, -0.05) is 16.9 Å². The van der Waals surface area contributed by atoms with Gasteiger partial charge in [-0.15, -0.1) is 5.92 Å². The van der Waals surface area contributed by atoms with Crippen molar-refractivity contribution in [1.82, 2.24) is 4.67 Å². The largest absolute Gasteiger partial charge is 0.460 e. The summed E-state index contributed by atoms with van der Waals surface area (Å²) in [4.78, 5) is 35.2. The minimum absolute atomic E-state index is 0. The molecule has 0 N–H and O–H groups in total. The van der Waals surface area contributed by atoms with Crippen molar-refractivity contribution < 1.29 is 48.1 Å². The maximum absolute atomic E-state index is 11.9. The van der Waals surface area contributed by atoms with E-state index in [4.69, 9.17) is 14.2 Å². The number of hydrogen-bond donors (Lipinski definition) is 0. The molecule has 3 fully saturated rings. The summed E-state index contributed by atoms with van der Waals surface area (Å²) in [6.07, 6.45) is 1.83. The fourth-order valence-corrected chi connectivity index (χ4v) is 4.17. The van der Waals surface area contributed by atoms with Crippen molar-refractivity contribution in [2.75, 3.05) is 6.61 Å². The Kier molecular flexibility index (Phi) is 6.26. The summed E-state index contributed by atoms with van der Waals surface area (Å²) >= 11 is -0.857. The SMILES string of the molecule is C=C=[N+]=C(I=C)C(=O)OCC(=O)OC1C2[CH-]C3C(=O)OC1C3C2.[Zn]. The Bertz CT molecular complexity index is 681. The van der Waals surface area contributed by atoms with E-state index in [1.807, 2.05) is 6.42 Å². The summed E-state index contributed by atoms with van der Waals surface area (Å²) in [6, 6.07) is 0. The van der Waals surface area contributed by atoms with Gasteiger partial charge in [-0.2, -0.15) is 0 Å².